The lowest BCUT2D eigenvalue weighted by atomic mass is 10.2. The van der Waals surface area contributed by atoms with E-state index in [0.29, 0.717) is 29.0 Å². The van der Waals surface area contributed by atoms with Crippen LogP contribution in [0.5, 0.6) is 0 Å². The molecule has 0 saturated carbocycles. The van der Waals surface area contributed by atoms with E-state index in [1.165, 1.54) is 11.8 Å². The molecule has 2 N–H and O–H groups in total. The fraction of sp³-hybridized carbons (Fsp3) is 0.400. The molecule has 0 spiro atoms. The Hall–Kier alpha value is -1.57. The van der Waals surface area contributed by atoms with E-state index in [4.69, 9.17) is 16.3 Å². The Morgan fingerprint density at radius 2 is 2.26 bits per heavy atom. The van der Waals surface area contributed by atoms with Gasteiger partial charge in [0.05, 0.1) is 10.7 Å². The number of amides is 2. The molecule has 1 aliphatic rings. The predicted octanol–water partition coefficient (Wildman–Crippen LogP) is 2.29. The number of thioether (sulfide) groups is 1. The lowest BCUT2D eigenvalue weighted by Crippen LogP contribution is -2.28. The molecule has 23 heavy (non-hydrogen) atoms. The van der Waals surface area contributed by atoms with Crippen molar-refractivity contribution < 1.29 is 14.3 Å². The summed E-state index contributed by atoms with van der Waals surface area (Å²) in [7, 11) is 1.63. The number of aliphatic imine (C=N–C) groups is 1. The lowest BCUT2D eigenvalue weighted by Gasteiger charge is -2.08. The molecule has 1 heterocycles. The van der Waals surface area contributed by atoms with Crippen LogP contribution in [0.2, 0.25) is 5.02 Å². The molecule has 2 amide bonds. The first-order valence-corrected chi connectivity index (χ1v) is 8.41. The molecule has 1 unspecified atom stereocenters. The predicted molar refractivity (Wildman–Crippen MR) is 93.0 cm³/mol. The summed E-state index contributed by atoms with van der Waals surface area (Å²) in [6.45, 7) is 1.20. The van der Waals surface area contributed by atoms with Gasteiger partial charge in [0.2, 0.25) is 11.8 Å². The summed E-state index contributed by atoms with van der Waals surface area (Å²) in [5, 5.41) is 5.95. The summed E-state index contributed by atoms with van der Waals surface area (Å²) in [6.07, 6.45) is 0.854. The number of methoxy groups -OCH3 is 1. The minimum atomic E-state index is -0.473. The second-order valence-corrected chi connectivity index (χ2v) is 6.46. The summed E-state index contributed by atoms with van der Waals surface area (Å²) in [6, 6.07) is 6.97. The van der Waals surface area contributed by atoms with Crippen LogP contribution in [0.15, 0.2) is 29.3 Å². The zero-order chi connectivity index (χ0) is 16.7. The fourth-order valence-electron chi connectivity index (χ4n) is 1.94. The average molecular weight is 356 g/mol. The highest BCUT2D eigenvalue weighted by Gasteiger charge is 2.31. The van der Waals surface area contributed by atoms with Crippen LogP contribution >= 0.6 is 23.4 Å². The number of nitrogens with zero attached hydrogens (tertiary/aromatic N) is 1. The maximum Gasteiger partial charge on any atom is 0.240 e. The molecule has 1 saturated heterocycles. The first kappa shape index (κ1) is 17.8. The molecule has 0 bridgehead atoms. The molecule has 1 atom stereocenters. The lowest BCUT2D eigenvalue weighted by molar-refractivity contribution is -0.122. The second-order valence-electron chi connectivity index (χ2n) is 4.86. The van der Waals surface area contributed by atoms with Gasteiger partial charge in [-0.1, -0.05) is 35.5 Å². The topological polar surface area (TPSA) is 79.8 Å². The number of hydrogen-bond acceptors (Lipinski definition) is 5. The third kappa shape index (κ3) is 5.53. The molecule has 8 heteroatoms. The van der Waals surface area contributed by atoms with Crippen LogP contribution in [0.1, 0.15) is 12.8 Å². The Balaban J connectivity index is 1.84. The van der Waals surface area contributed by atoms with Crippen molar-refractivity contribution in [1.29, 1.82) is 0 Å². The molecule has 1 aromatic rings. The van der Waals surface area contributed by atoms with Crippen molar-refractivity contribution >= 4 is 46.0 Å². The molecule has 1 fully saturated rings. The summed E-state index contributed by atoms with van der Waals surface area (Å²) < 4.78 is 4.94. The smallest absolute Gasteiger partial charge is 0.240 e. The van der Waals surface area contributed by atoms with Crippen LogP contribution in [0.3, 0.4) is 0 Å². The summed E-state index contributed by atoms with van der Waals surface area (Å²) in [5.41, 5.74) is 0.538. The van der Waals surface area contributed by atoms with Gasteiger partial charge < -0.3 is 15.4 Å². The number of ether oxygens (including phenoxy) is 1. The maximum atomic E-state index is 12.1. The second kappa shape index (κ2) is 8.90. The number of benzene rings is 1. The summed E-state index contributed by atoms with van der Waals surface area (Å²) in [4.78, 5) is 28.2. The van der Waals surface area contributed by atoms with Crippen molar-refractivity contribution in [2.45, 2.75) is 18.1 Å². The number of anilines is 1. The van der Waals surface area contributed by atoms with E-state index in [2.05, 4.69) is 15.6 Å². The van der Waals surface area contributed by atoms with E-state index in [9.17, 15) is 9.59 Å². The molecule has 0 aromatic heterocycles. The Morgan fingerprint density at radius 1 is 1.48 bits per heavy atom. The Morgan fingerprint density at radius 3 is 3.00 bits per heavy atom. The standard InChI is InChI=1S/C15H18ClN3O3S/c1-22-8-4-7-17-15-19-14(21)12(23-15)9-13(20)18-11-6-3-2-5-10(11)16/h2-3,5-6,12H,4,7-9H2,1H3,(H,18,20)(H,17,19,21). The van der Waals surface area contributed by atoms with Gasteiger partial charge in [-0.05, 0) is 18.6 Å². The summed E-state index contributed by atoms with van der Waals surface area (Å²) >= 11 is 7.27. The number of para-hydroxylation sites is 1. The van der Waals surface area contributed by atoms with Crippen LogP contribution < -0.4 is 10.6 Å². The van der Waals surface area contributed by atoms with Gasteiger partial charge in [0.25, 0.3) is 0 Å². The van der Waals surface area contributed by atoms with E-state index >= 15 is 0 Å². The van der Waals surface area contributed by atoms with Gasteiger partial charge in [0.15, 0.2) is 5.17 Å². The Bertz CT molecular complexity index is 609. The monoisotopic (exact) mass is 355 g/mol. The number of carbonyl (C=O) groups is 2. The highest BCUT2D eigenvalue weighted by Crippen LogP contribution is 2.24. The largest absolute Gasteiger partial charge is 0.385 e. The Kier molecular flexibility index (Phi) is 6.88. The molecule has 6 nitrogen and oxygen atoms in total. The highest BCUT2D eigenvalue weighted by atomic mass is 35.5. The van der Waals surface area contributed by atoms with Gasteiger partial charge in [0, 0.05) is 26.7 Å². The van der Waals surface area contributed by atoms with E-state index < -0.39 is 5.25 Å². The van der Waals surface area contributed by atoms with Crippen molar-refractivity contribution in [3.63, 3.8) is 0 Å². The molecule has 1 aromatic carbocycles. The zero-order valence-corrected chi connectivity index (χ0v) is 14.2. The van der Waals surface area contributed by atoms with Crippen molar-refractivity contribution in [3.05, 3.63) is 29.3 Å². The first-order valence-electron chi connectivity index (χ1n) is 7.15. The van der Waals surface area contributed by atoms with Crippen LogP contribution in [0.4, 0.5) is 5.69 Å². The quantitative estimate of drug-likeness (QED) is 0.735. The minimum Gasteiger partial charge on any atom is -0.385 e. The molecule has 0 radical (unpaired) electrons. The maximum absolute atomic E-state index is 12.1. The molecular weight excluding hydrogens is 338 g/mol. The van der Waals surface area contributed by atoms with E-state index in [0.717, 1.165) is 6.42 Å². The number of halogens is 1. The summed E-state index contributed by atoms with van der Waals surface area (Å²) in [5.74, 6) is -0.457. The van der Waals surface area contributed by atoms with Crippen LogP contribution in [0.25, 0.3) is 0 Å². The van der Waals surface area contributed by atoms with Gasteiger partial charge in [-0.15, -0.1) is 0 Å². The number of rotatable bonds is 7. The van der Waals surface area contributed by atoms with Crippen molar-refractivity contribution in [3.8, 4) is 0 Å². The van der Waals surface area contributed by atoms with Gasteiger partial charge in [-0.3, -0.25) is 14.6 Å². The zero-order valence-electron chi connectivity index (χ0n) is 12.7. The average Bonchev–Trinajstić information content (AvgIpc) is 2.86. The van der Waals surface area contributed by atoms with Gasteiger partial charge in [-0.2, -0.15) is 0 Å². The third-order valence-corrected chi connectivity index (χ3v) is 4.51. The van der Waals surface area contributed by atoms with Crippen LogP contribution in [0, 0.1) is 0 Å². The van der Waals surface area contributed by atoms with Crippen molar-refractivity contribution in [1.82, 2.24) is 5.32 Å². The number of amidine groups is 1. The van der Waals surface area contributed by atoms with E-state index in [1.54, 1.807) is 31.4 Å². The molecule has 0 aliphatic carbocycles. The van der Waals surface area contributed by atoms with E-state index in [1.807, 2.05) is 0 Å². The van der Waals surface area contributed by atoms with Crippen molar-refractivity contribution in [2.24, 2.45) is 4.99 Å². The van der Waals surface area contributed by atoms with Crippen molar-refractivity contribution in [2.75, 3.05) is 25.6 Å². The molecule has 124 valence electrons. The van der Waals surface area contributed by atoms with Gasteiger partial charge in [-0.25, -0.2) is 0 Å². The van der Waals surface area contributed by atoms with Crippen LogP contribution in [-0.2, 0) is 14.3 Å². The first-order chi connectivity index (χ1) is 11.1. The van der Waals surface area contributed by atoms with E-state index in [-0.39, 0.29) is 18.2 Å². The number of carbonyl (C=O) groups excluding carboxylic acids is 2. The SMILES string of the molecule is COCCCN=C1NC(=O)C(CC(=O)Nc2ccccc2Cl)S1. The molecular formula is C15H18ClN3O3S. The number of nitrogens with one attached hydrogen (secondary N) is 2. The molecule has 1 aliphatic heterocycles. The Labute approximate surface area is 144 Å². The minimum absolute atomic E-state index is 0.0683. The van der Waals surface area contributed by atoms with Crippen LogP contribution in [-0.4, -0.2) is 42.5 Å². The molecule has 2 rings (SSSR count). The third-order valence-electron chi connectivity index (χ3n) is 3.06. The fourth-order valence-corrected chi connectivity index (χ4v) is 3.11. The normalized spacial score (nSPS) is 19.0. The number of hydrogen-bond donors (Lipinski definition) is 2. The van der Waals surface area contributed by atoms with Gasteiger partial charge in [0.1, 0.15) is 5.25 Å². The highest BCUT2D eigenvalue weighted by molar-refractivity contribution is 8.15. The van der Waals surface area contributed by atoms with Gasteiger partial charge >= 0.3 is 0 Å².